The first-order valence-electron chi connectivity index (χ1n) is 7.48. The molecule has 130 valence electrons. The van der Waals surface area contributed by atoms with Gasteiger partial charge in [-0.15, -0.1) is 11.8 Å². The van der Waals surface area contributed by atoms with E-state index in [4.69, 9.17) is 10.00 Å². The quantitative estimate of drug-likeness (QED) is 0.707. The van der Waals surface area contributed by atoms with Crippen LogP contribution in [0.4, 0.5) is 4.39 Å². The summed E-state index contributed by atoms with van der Waals surface area (Å²) < 4.78 is 19.5. The number of aliphatic hydroxyl groups excluding tert-OH is 3. The van der Waals surface area contributed by atoms with Gasteiger partial charge < -0.3 is 20.1 Å². The summed E-state index contributed by atoms with van der Waals surface area (Å²) in [6.45, 7) is 0. The van der Waals surface area contributed by atoms with E-state index in [9.17, 15) is 19.7 Å². The van der Waals surface area contributed by atoms with Gasteiger partial charge in [0.2, 0.25) is 0 Å². The van der Waals surface area contributed by atoms with Crippen LogP contribution in [-0.4, -0.2) is 49.8 Å². The Labute approximate surface area is 147 Å². The van der Waals surface area contributed by atoms with E-state index >= 15 is 0 Å². The van der Waals surface area contributed by atoms with Gasteiger partial charge in [0, 0.05) is 17.5 Å². The van der Waals surface area contributed by atoms with Crippen molar-refractivity contribution < 1.29 is 24.4 Å². The lowest BCUT2D eigenvalue weighted by Gasteiger charge is -2.34. The van der Waals surface area contributed by atoms with Crippen molar-refractivity contribution in [3.63, 3.8) is 0 Å². The summed E-state index contributed by atoms with van der Waals surface area (Å²) in [5.74, 6) is -0.847. The van der Waals surface area contributed by atoms with Crippen LogP contribution < -0.4 is 4.74 Å². The third kappa shape index (κ3) is 3.75. The predicted octanol–water partition coefficient (Wildman–Crippen LogP) is 1.29. The molecule has 1 aliphatic heterocycles. The highest BCUT2D eigenvalue weighted by Crippen LogP contribution is 2.32. The van der Waals surface area contributed by atoms with Crippen molar-refractivity contribution in [1.29, 1.82) is 5.26 Å². The number of benzene rings is 1. The molecule has 0 spiro atoms. The largest absolute Gasteiger partial charge is 0.472 e. The monoisotopic (exact) mass is 362 g/mol. The standard InChI is InChI=1S/C17H15FN2O4S/c18-16-13(24-17-15(23)14(22)12(21)8-25-17)5-11(7-20-16)10-3-1-9(6-19)2-4-10/h1-5,7,12,14-15,17,21-23H,8H2/t12-,14+,15-,17-/m1/s1. The number of ether oxygens (including phenoxy) is 1. The number of thioether (sulfide) groups is 1. The molecule has 3 N–H and O–H groups in total. The molecule has 0 aliphatic carbocycles. The van der Waals surface area contributed by atoms with E-state index in [1.165, 1.54) is 12.3 Å². The van der Waals surface area contributed by atoms with Gasteiger partial charge in [-0.25, -0.2) is 4.98 Å². The summed E-state index contributed by atoms with van der Waals surface area (Å²) >= 11 is 1.08. The van der Waals surface area contributed by atoms with Crippen molar-refractivity contribution in [2.24, 2.45) is 0 Å². The molecule has 1 aliphatic rings. The van der Waals surface area contributed by atoms with Crippen LogP contribution in [0, 0.1) is 17.3 Å². The van der Waals surface area contributed by atoms with Crippen LogP contribution in [-0.2, 0) is 0 Å². The fourth-order valence-electron chi connectivity index (χ4n) is 2.41. The topological polar surface area (TPSA) is 107 Å². The average molecular weight is 362 g/mol. The van der Waals surface area contributed by atoms with Gasteiger partial charge in [-0.1, -0.05) is 12.1 Å². The molecule has 8 heteroatoms. The molecule has 1 saturated heterocycles. The van der Waals surface area contributed by atoms with Crippen LogP contribution in [0.3, 0.4) is 0 Å². The van der Waals surface area contributed by atoms with Crippen LogP contribution in [0.15, 0.2) is 36.5 Å². The van der Waals surface area contributed by atoms with Gasteiger partial charge in [0.15, 0.2) is 11.2 Å². The number of hydrogen-bond acceptors (Lipinski definition) is 7. The van der Waals surface area contributed by atoms with Gasteiger partial charge in [0.05, 0.1) is 17.7 Å². The Morgan fingerprint density at radius 3 is 2.56 bits per heavy atom. The van der Waals surface area contributed by atoms with Gasteiger partial charge in [-0.3, -0.25) is 0 Å². The van der Waals surface area contributed by atoms with E-state index < -0.39 is 29.7 Å². The van der Waals surface area contributed by atoms with Crippen LogP contribution in [0.5, 0.6) is 5.75 Å². The van der Waals surface area contributed by atoms with Crippen molar-refractivity contribution in [3.05, 3.63) is 48.0 Å². The lowest BCUT2D eigenvalue weighted by atomic mass is 10.1. The van der Waals surface area contributed by atoms with E-state index in [0.29, 0.717) is 11.1 Å². The van der Waals surface area contributed by atoms with E-state index in [0.717, 1.165) is 17.3 Å². The number of rotatable bonds is 3. The predicted molar refractivity (Wildman–Crippen MR) is 89.2 cm³/mol. The van der Waals surface area contributed by atoms with Crippen molar-refractivity contribution in [1.82, 2.24) is 4.98 Å². The minimum Gasteiger partial charge on any atom is -0.472 e. The van der Waals surface area contributed by atoms with Gasteiger partial charge in [0.25, 0.3) is 5.95 Å². The van der Waals surface area contributed by atoms with E-state index in [2.05, 4.69) is 4.98 Å². The van der Waals surface area contributed by atoms with E-state index in [1.54, 1.807) is 24.3 Å². The normalized spacial score (nSPS) is 26.0. The van der Waals surface area contributed by atoms with Crippen molar-refractivity contribution >= 4 is 11.8 Å². The zero-order valence-electron chi connectivity index (χ0n) is 12.9. The second kappa shape index (κ2) is 7.37. The minimum atomic E-state index is -1.36. The highest BCUT2D eigenvalue weighted by molar-refractivity contribution is 7.99. The summed E-state index contributed by atoms with van der Waals surface area (Å²) in [7, 11) is 0. The highest BCUT2D eigenvalue weighted by Gasteiger charge is 2.39. The Kier molecular flexibility index (Phi) is 5.20. The van der Waals surface area contributed by atoms with Crippen molar-refractivity contribution in [2.75, 3.05) is 5.75 Å². The maximum absolute atomic E-state index is 14.0. The summed E-state index contributed by atoms with van der Waals surface area (Å²) in [4.78, 5) is 3.66. The zero-order valence-corrected chi connectivity index (χ0v) is 13.7. The third-order valence-corrected chi connectivity index (χ3v) is 5.09. The first-order valence-corrected chi connectivity index (χ1v) is 8.53. The number of nitriles is 1. The third-order valence-electron chi connectivity index (χ3n) is 3.85. The van der Waals surface area contributed by atoms with Gasteiger partial charge >= 0.3 is 0 Å². The highest BCUT2D eigenvalue weighted by atomic mass is 32.2. The SMILES string of the molecule is N#Cc1ccc(-c2cnc(F)c(O[C@@H]3SC[C@@H](O)[C@H](O)[C@H]3O)c2)cc1. The maximum Gasteiger partial charge on any atom is 0.255 e. The molecule has 25 heavy (non-hydrogen) atoms. The van der Waals surface area contributed by atoms with E-state index in [-0.39, 0.29) is 11.5 Å². The molecule has 1 fully saturated rings. The van der Waals surface area contributed by atoms with Crippen LogP contribution in [0.2, 0.25) is 0 Å². The van der Waals surface area contributed by atoms with Gasteiger partial charge in [-0.2, -0.15) is 9.65 Å². The zero-order chi connectivity index (χ0) is 18.0. The fraction of sp³-hybridized carbons (Fsp3) is 0.294. The van der Waals surface area contributed by atoms with Crippen LogP contribution >= 0.6 is 11.8 Å². The molecule has 6 nitrogen and oxygen atoms in total. The Bertz CT molecular complexity index is 796. The maximum atomic E-state index is 14.0. The summed E-state index contributed by atoms with van der Waals surface area (Å²) in [6, 6.07) is 10.1. The Morgan fingerprint density at radius 1 is 1.16 bits per heavy atom. The second-order valence-corrected chi connectivity index (χ2v) is 6.70. The lowest BCUT2D eigenvalue weighted by Crippen LogP contribution is -2.50. The molecular weight excluding hydrogens is 347 g/mol. The molecule has 0 unspecified atom stereocenters. The first-order chi connectivity index (χ1) is 12.0. The van der Waals surface area contributed by atoms with Crippen molar-refractivity contribution in [3.8, 4) is 22.9 Å². The molecule has 1 aromatic heterocycles. The molecule has 4 atom stereocenters. The number of aliphatic hydroxyl groups is 3. The Morgan fingerprint density at radius 2 is 1.88 bits per heavy atom. The second-order valence-electron chi connectivity index (χ2n) is 5.57. The number of hydrogen-bond donors (Lipinski definition) is 3. The minimum absolute atomic E-state index is 0.160. The molecule has 2 aromatic rings. The molecule has 0 radical (unpaired) electrons. The Hall–Kier alpha value is -2.18. The molecule has 0 saturated carbocycles. The first kappa shape index (κ1) is 17.6. The van der Waals surface area contributed by atoms with Crippen LogP contribution in [0.25, 0.3) is 11.1 Å². The molecule has 0 amide bonds. The average Bonchev–Trinajstić information content (AvgIpc) is 2.64. The number of aromatic nitrogens is 1. The summed E-state index contributed by atoms with van der Waals surface area (Å²) in [5.41, 5.74) is 0.885. The Balaban J connectivity index is 1.83. The summed E-state index contributed by atoms with van der Waals surface area (Å²) in [6.07, 6.45) is -2.43. The molecule has 3 rings (SSSR count). The number of pyridine rings is 1. The van der Waals surface area contributed by atoms with Crippen LogP contribution in [0.1, 0.15) is 5.56 Å². The lowest BCUT2D eigenvalue weighted by molar-refractivity contribution is -0.0790. The molecule has 1 aromatic carbocycles. The van der Waals surface area contributed by atoms with Crippen molar-refractivity contribution in [2.45, 2.75) is 23.7 Å². The van der Waals surface area contributed by atoms with Gasteiger partial charge in [0.1, 0.15) is 12.2 Å². The van der Waals surface area contributed by atoms with E-state index in [1.807, 2.05) is 6.07 Å². The fourth-order valence-corrected chi connectivity index (χ4v) is 3.53. The molecular formula is C17H15FN2O4S. The molecule has 2 heterocycles. The summed E-state index contributed by atoms with van der Waals surface area (Å²) in [5, 5.41) is 38.0. The number of halogens is 1. The molecule has 0 bridgehead atoms. The smallest absolute Gasteiger partial charge is 0.255 e. The van der Waals surface area contributed by atoms with Gasteiger partial charge in [-0.05, 0) is 23.8 Å². The number of nitrogens with zero attached hydrogens (tertiary/aromatic N) is 2.